The largest absolute Gasteiger partial charge is 0.444 e. The molecule has 1 aromatic heterocycles. The Morgan fingerprint density at radius 2 is 2.04 bits per heavy atom. The van der Waals surface area contributed by atoms with Crippen LogP contribution in [0.5, 0.6) is 0 Å². The molecule has 0 spiro atoms. The van der Waals surface area contributed by atoms with E-state index in [4.69, 9.17) is 9.15 Å². The van der Waals surface area contributed by atoms with Crippen molar-refractivity contribution in [3.05, 3.63) is 47.9 Å². The van der Waals surface area contributed by atoms with Gasteiger partial charge in [-0.3, -0.25) is 0 Å². The van der Waals surface area contributed by atoms with Gasteiger partial charge in [0.15, 0.2) is 0 Å². The standard InChI is InChI=1S/C18H23N3O3S/c1-18(2,3)24-16(22)19-12-11-15-20-21-17(23-15)25-13-7-10-14-8-5-4-6-9-14/h4-10H,11-13H2,1-3H3,(H,19,22)/b10-7+. The van der Waals surface area contributed by atoms with Crippen molar-refractivity contribution in [3.8, 4) is 0 Å². The number of nitrogens with one attached hydrogen (secondary N) is 1. The second-order valence-electron chi connectivity index (χ2n) is 6.26. The highest BCUT2D eigenvalue weighted by Gasteiger charge is 2.15. The van der Waals surface area contributed by atoms with Gasteiger partial charge >= 0.3 is 6.09 Å². The number of benzene rings is 1. The number of ether oxygens (including phenoxy) is 1. The zero-order valence-corrected chi connectivity index (χ0v) is 15.5. The molecule has 6 nitrogen and oxygen atoms in total. The lowest BCUT2D eigenvalue weighted by molar-refractivity contribution is 0.0528. The SMILES string of the molecule is CC(C)(C)OC(=O)NCCc1nnc(SC/C=C/c2ccccc2)o1. The van der Waals surface area contributed by atoms with Crippen molar-refractivity contribution in [1.82, 2.24) is 15.5 Å². The summed E-state index contributed by atoms with van der Waals surface area (Å²) < 4.78 is 10.7. The van der Waals surface area contributed by atoms with Crippen LogP contribution in [0.15, 0.2) is 46.0 Å². The van der Waals surface area contributed by atoms with Gasteiger partial charge in [-0.05, 0) is 26.3 Å². The van der Waals surface area contributed by atoms with Gasteiger partial charge in [0, 0.05) is 18.7 Å². The normalized spacial score (nSPS) is 11.6. The Kier molecular flexibility index (Phi) is 7.06. The number of carbonyl (C=O) groups excluding carboxylic acids is 1. The minimum Gasteiger partial charge on any atom is -0.444 e. The van der Waals surface area contributed by atoms with Crippen LogP contribution >= 0.6 is 11.8 Å². The van der Waals surface area contributed by atoms with Crippen molar-refractivity contribution in [2.75, 3.05) is 12.3 Å². The zero-order chi connectivity index (χ0) is 18.1. The van der Waals surface area contributed by atoms with E-state index in [-0.39, 0.29) is 0 Å². The number of alkyl carbamates (subject to hydrolysis) is 1. The fourth-order valence-corrected chi connectivity index (χ4v) is 2.44. The van der Waals surface area contributed by atoms with Gasteiger partial charge in [0.25, 0.3) is 5.22 Å². The average molecular weight is 361 g/mol. The molecule has 25 heavy (non-hydrogen) atoms. The van der Waals surface area contributed by atoms with Crippen LogP contribution in [0.4, 0.5) is 4.79 Å². The van der Waals surface area contributed by atoms with E-state index in [0.29, 0.717) is 24.1 Å². The van der Waals surface area contributed by atoms with E-state index in [1.165, 1.54) is 11.8 Å². The van der Waals surface area contributed by atoms with Crippen molar-refractivity contribution < 1.29 is 13.9 Å². The summed E-state index contributed by atoms with van der Waals surface area (Å²) >= 11 is 1.47. The summed E-state index contributed by atoms with van der Waals surface area (Å²) in [4.78, 5) is 11.5. The fraction of sp³-hybridized carbons (Fsp3) is 0.389. The van der Waals surface area contributed by atoms with Gasteiger partial charge in [-0.25, -0.2) is 4.79 Å². The molecule has 1 heterocycles. The van der Waals surface area contributed by atoms with Crippen LogP contribution < -0.4 is 5.32 Å². The highest BCUT2D eigenvalue weighted by molar-refractivity contribution is 7.99. The molecule has 0 aliphatic carbocycles. The first-order valence-corrected chi connectivity index (χ1v) is 9.04. The van der Waals surface area contributed by atoms with Crippen molar-refractivity contribution >= 4 is 23.9 Å². The number of aromatic nitrogens is 2. The van der Waals surface area contributed by atoms with Crippen molar-refractivity contribution in [1.29, 1.82) is 0 Å². The van der Waals surface area contributed by atoms with Gasteiger partial charge in [-0.2, -0.15) is 0 Å². The second kappa shape index (κ2) is 9.27. The highest BCUT2D eigenvalue weighted by Crippen LogP contribution is 2.16. The summed E-state index contributed by atoms with van der Waals surface area (Å²) in [6.45, 7) is 5.84. The Morgan fingerprint density at radius 1 is 1.28 bits per heavy atom. The van der Waals surface area contributed by atoms with Gasteiger partial charge < -0.3 is 14.5 Å². The van der Waals surface area contributed by atoms with E-state index in [0.717, 1.165) is 11.3 Å². The molecule has 0 bridgehead atoms. The summed E-state index contributed by atoms with van der Waals surface area (Å²) in [6, 6.07) is 10.1. The zero-order valence-electron chi connectivity index (χ0n) is 14.7. The summed E-state index contributed by atoms with van der Waals surface area (Å²) in [5.41, 5.74) is 0.647. The minimum atomic E-state index is -0.508. The van der Waals surface area contributed by atoms with E-state index in [1.54, 1.807) is 0 Å². The molecule has 1 amide bonds. The van der Waals surface area contributed by atoms with Crippen LogP contribution in [0, 0.1) is 0 Å². The van der Waals surface area contributed by atoms with Crippen LogP contribution in [0.3, 0.4) is 0 Å². The molecular weight excluding hydrogens is 338 g/mol. The molecule has 0 aliphatic heterocycles. The predicted octanol–water partition coefficient (Wildman–Crippen LogP) is 3.94. The van der Waals surface area contributed by atoms with Gasteiger partial charge in [0.1, 0.15) is 5.60 Å². The molecule has 0 radical (unpaired) electrons. The van der Waals surface area contributed by atoms with Gasteiger partial charge in [0.05, 0.1) is 0 Å². The minimum absolute atomic E-state index is 0.384. The number of hydrogen-bond donors (Lipinski definition) is 1. The summed E-state index contributed by atoms with van der Waals surface area (Å²) in [7, 11) is 0. The van der Waals surface area contributed by atoms with Crippen LogP contribution in [0.25, 0.3) is 6.08 Å². The van der Waals surface area contributed by atoms with E-state index in [2.05, 4.69) is 21.6 Å². The number of nitrogens with zero attached hydrogens (tertiary/aromatic N) is 2. The number of thioether (sulfide) groups is 1. The Balaban J connectivity index is 1.68. The number of hydrogen-bond acceptors (Lipinski definition) is 6. The number of rotatable bonds is 7. The topological polar surface area (TPSA) is 77.2 Å². The molecule has 1 N–H and O–H groups in total. The Hall–Kier alpha value is -2.28. The maximum absolute atomic E-state index is 11.5. The molecule has 0 fully saturated rings. The summed E-state index contributed by atoms with van der Waals surface area (Å²) in [5.74, 6) is 1.23. The molecular formula is C18H23N3O3S. The first kappa shape index (κ1) is 19.1. The maximum Gasteiger partial charge on any atom is 0.407 e. The van der Waals surface area contributed by atoms with E-state index in [9.17, 15) is 4.79 Å². The molecule has 0 saturated carbocycles. The van der Waals surface area contributed by atoms with Crippen molar-refractivity contribution in [2.45, 2.75) is 38.0 Å². The number of carbonyl (C=O) groups is 1. The molecule has 0 atom stereocenters. The number of amides is 1. The monoisotopic (exact) mass is 361 g/mol. The molecule has 2 aromatic rings. The van der Waals surface area contributed by atoms with E-state index in [1.807, 2.05) is 57.2 Å². The Labute approximate surface area is 152 Å². The third-order valence-corrected chi connectivity index (χ3v) is 3.64. The second-order valence-corrected chi connectivity index (χ2v) is 7.24. The van der Waals surface area contributed by atoms with Crippen LogP contribution in [-0.4, -0.2) is 34.2 Å². The highest BCUT2D eigenvalue weighted by atomic mass is 32.2. The average Bonchev–Trinajstić information content (AvgIpc) is 2.99. The maximum atomic E-state index is 11.5. The smallest absolute Gasteiger partial charge is 0.407 e. The fourth-order valence-electron chi connectivity index (χ4n) is 1.85. The van der Waals surface area contributed by atoms with E-state index >= 15 is 0 Å². The molecule has 0 unspecified atom stereocenters. The molecule has 2 rings (SSSR count). The Morgan fingerprint density at radius 3 is 2.76 bits per heavy atom. The Bertz CT molecular complexity index is 693. The first-order valence-electron chi connectivity index (χ1n) is 8.06. The first-order chi connectivity index (χ1) is 11.9. The molecule has 1 aromatic carbocycles. The quantitative estimate of drug-likeness (QED) is 0.753. The van der Waals surface area contributed by atoms with Gasteiger partial charge in [-0.15, -0.1) is 10.2 Å². The molecule has 0 aliphatic rings. The van der Waals surface area contributed by atoms with Crippen molar-refractivity contribution in [2.24, 2.45) is 0 Å². The van der Waals surface area contributed by atoms with Crippen molar-refractivity contribution in [3.63, 3.8) is 0 Å². The van der Waals surface area contributed by atoms with Gasteiger partial charge in [-0.1, -0.05) is 54.2 Å². The third kappa shape index (κ3) is 7.89. The van der Waals surface area contributed by atoms with Crippen LogP contribution in [-0.2, 0) is 11.2 Å². The third-order valence-electron chi connectivity index (χ3n) is 2.87. The predicted molar refractivity (Wildman–Crippen MR) is 98.4 cm³/mol. The molecule has 134 valence electrons. The van der Waals surface area contributed by atoms with Crippen LogP contribution in [0.2, 0.25) is 0 Å². The summed E-state index contributed by atoms with van der Waals surface area (Å²) in [5, 5.41) is 11.1. The van der Waals surface area contributed by atoms with Gasteiger partial charge in [0.2, 0.25) is 5.89 Å². The lowest BCUT2D eigenvalue weighted by Crippen LogP contribution is -2.33. The lowest BCUT2D eigenvalue weighted by atomic mass is 10.2. The summed E-state index contributed by atoms with van der Waals surface area (Å²) in [6.07, 6.45) is 4.11. The van der Waals surface area contributed by atoms with E-state index < -0.39 is 11.7 Å². The lowest BCUT2D eigenvalue weighted by Gasteiger charge is -2.19. The molecule has 7 heteroatoms. The van der Waals surface area contributed by atoms with Crippen LogP contribution in [0.1, 0.15) is 32.2 Å². The molecule has 0 saturated heterocycles.